The van der Waals surface area contributed by atoms with E-state index in [1.54, 1.807) is 7.11 Å². The van der Waals surface area contributed by atoms with Crippen LogP contribution in [0.4, 0.5) is 5.82 Å². The SMILES string of the molecule is COc1ccc2nn3c(c2c1)NCCC3C1CCOC1. The van der Waals surface area contributed by atoms with Gasteiger partial charge in [0.25, 0.3) is 0 Å². The Morgan fingerprint density at radius 2 is 2.35 bits per heavy atom. The molecule has 4 rings (SSSR count). The molecular formula is C15H19N3O2. The van der Waals surface area contributed by atoms with E-state index < -0.39 is 0 Å². The van der Waals surface area contributed by atoms with Crippen LogP contribution in [-0.4, -0.2) is 36.6 Å². The molecule has 0 bridgehead atoms. The first-order valence-electron chi connectivity index (χ1n) is 7.24. The van der Waals surface area contributed by atoms with Gasteiger partial charge in [0, 0.05) is 24.5 Å². The largest absolute Gasteiger partial charge is 0.497 e. The van der Waals surface area contributed by atoms with Crippen LogP contribution in [0, 0.1) is 5.92 Å². The Labute approximate surface area is 117 Å². The van der Waals surface area contributed by atoms with Gasteiger partial charge < -0.3 is 14.8 Å². The number of hydrogen-bond acceptors (Lipinski definition) is 4. The molecular weight excluding hydrogens is 254 g/mol. The third kappa shape index (κ3) is 1.77. The number of rotatable bonds is 2. The number of ether oxygens (including phenoxy) is 2. The molecule has 2 aliphatic rings. The zero-order valence-corrected chi connectivity index (χ0v) is 11.6. The molecule has 20 heavy (non-hydrogen) atoms. The summed E-state index contributed by atoms with van der Waals surface area (Å²) in [5.41, 5.74) is 1.03. The van der Waals surface area contributed by atoms with Crippen molar-refractivity contribution in [2.75, 3.05) is 32.2 Å². The molecule has 3 heterocycles. The first-order valence-corrected chi connectivity index (χ1v) is 7.24. The van der Waals surface area contributed by atoms with E-state index in [0.717, 1.165) is 55.1 Å². The zero-order chi connectivity index (χ0) is 13.5. The van der Waals surface area contributed by atoms with Gasteiger partial charge in [-0.15, -0.1) is 0 Å². The Morgan fingerprint density at radius 3 is 3.15 bits per heavy atom. The molecule has 1 N–H and O–H groups in total. The Balaban J connectivity index is 1.81. The average molecular weight is 273 g/mol. The van der Waals surface area contributed by atoms with E-state index in [-0.39, 0.29) is 0 Å². The van der Waals surface area contributed by atoms with Crippen molar-refractivity contribution < 1.29 is 9.47 Å². The van der Waals surface area contributed by atoms with Gasteiger partial charge in [-0.3, -0.25) is 0 Å². The van der Waals surface area contributed by atoms with Gasteiger partial charge in [0.15, 0.2) is 0 Å². The maximum atomic E-state index is 5.55. The second-order valence-electron chi connectivity index (χ2n) is 5.58. The highest BCUT2D eigenvalue weighted by molar-refractivity contribution is 5.91. The molecule has 0 radical (unpaired) electrons. The molecule has 1 saturated heterocycles. The molecule has 2 unspecified atom stereocenters. The number of fused-ring (bicyclic) bond motifs is 3. The van der Waals surface area contributed by atoms with E-state index >= 15 is 0 Å². The summed E-state index contributed by atoms with van der Waals surface area (Å²) >= 11 is 0. The molecule has 0 saturated carbocycles. The number of anilines is 1. The molecule has 106 valence electrons. The van der Waals surface area contributed by atoms with E-state index in [9.17, 15) is 0 Å². The van der Waals surface area contributed by atoms with Crippen LogP contribution in [0.3, 0.4) is 0 Å². The predicted molar refractivity (Wildman–Crippen MR) is 77.4 cm³/mol. The van der Waals surface area contributed by atoms with Crippen molar-refractivity contribution in [2.45, 2.75) is 18.9 Å². The normalized spacial score (nSPS) is 25.4. The van der Waals surface area contributed by atoms with Gasteiger partial charge in [-0.1, -0.05) is 0 Å². The molecule has 1 aromatic carbocycles. The highest BCUT2D eigenvalue weighted by atomic mass is 16.5. The maximum Gasteiger partial charge on any atom is 0.132 e. The average Bonchev–Trinajstić information content (AvgIpc) is 3.13. The Hall–Kier alpha value is -1.75. The van der Waals surface area contributed by atoms with Crippen molar-refractivity contribution in [3.63, 3.8) is 0 Å². The molecule has 0 amide bonds. The summed E-state index contributed by atoms with van der Waals surface area (Å²) in [5.74, 6) is 2.59. The van der Waals surface area contributed by atoms with Gasteiger partial charge >= 0.3 is 0 Å². The number of benzene rings is 1. The van der Waals surface area contributed by atoms with Gasteiger partial charge in [0.05, 0.1) is 25.3 Å². The van der Waals surface area contributed by atoms with E-state index in [1.165, 1.54) is 0 Å². The summed E-state index contributed by atoms with van der Waals surface area (Å²) in [6, 6.07) is 6.51. The predicted octanol–water partition coefficient (Wildman–Crippen LogP) is 2.44. The van der Waals surface area contributed by atoms with Crippen LogP contribution in [0.1, 0.15) is 18.9 Å². The zero-order valence-electron chi connectivity index (χ0n) is 11.6. The lowest BCUT2D eigenvalue weighted by Gasteiger charge is -2.29. The van der Waals surface area contributed by atoms with E-state index in [4.69, 9.17) is 14.6 Å². The van der Waals surface area contributed by atoms with Crippen molar-refractivity contribution in [3.8, 4) is 5.75 Å². The number of hydrogen-bond donors (Lipinski definition) is 1. The minimum Gasteiger partial charge on any atom is -0.497 e. The molecule has 1 fully saturated rings. The highest BCUT2D eigenvalue weighted by Crippen LogP contribution is 2.38. The third-order valence-electron chi connectivity index (χ3n) is 4.46. The Kier molecular flexibility index (Phi) is 2.80. The molecule has 2 atom stereocenters. The second kappa shape index (κ2) is 4.66. The molecule has 5 nitrogen and oxygen atoms in total. The standard InChI is InChI=1S/C15H19N3O2/c1-19-11-2-3-13-12(8-11)15-16-6-4-14(18(15)17-13)10-5-7-20-9-10/h2-3,8,10,14,16H,4-7,9H2,1H3. The van der Waals surface area contributed by atoms with E-state index in [0.29, 0.717) is 12.0 Å². The van der Waals surface area contributed by atoms with Gasteiger partial charge in [0.1, 0.15) is 11.6 Å². The van der Waals surface area contributed by atoms with Crippen molar-refractivity contribution in [3.05, 3.63) is 18.2 Å². The fourth-order valence-electron chi connectivity index (χ4n) is 3.38. The number of nitrogens with zero attached hydrogens (tertiary/aromatic N) is 2. The third-order valence-corrected chi connectivity index (χ3v) is 4.46. The van der Waals surface area contributed by atoms with Crippen LogP contribution in [0.2, 0.25) is 0 Å². The quantitative estimate of drug-likeness (QED) is 0.913. The minimum absolute atomic E-state index is 0.451. The molecule has 5 heteroatoms. The van der Waals surface area contributed by atoms with Crippen molar-refractivity contribution in [1.29, 1.82) is 0 Å². The maximum absolute atomic E-state index is 5.55. The summed E-state index contributed by atoms with van der Waals surface area (Å²) < 4.78 is 13.1. The van der Waals surface area contributed by atoms with Crippen molar-refractivity contribution >= 4 is 16.7 Å². The summed E-state index contributed by atoms with van der Waals surface area (Å²) in [6.07, 6.45) is 2.26. The first kappa shape index (κ1) is 12.0. The molecule has 0 aliphatic carbocycles. The van der Waals surface area contributed by atoms with Crippen molar-refractivity contribution in [1.82, 2.24) is 9.78 Å². The number of methoxy groups -OCH3 is 1. The van der Waals surface area contributed by atoms with Crippen LogP contribution in [0.5, 0.6) is 5.75 Å². The second-order valence-corrected chi connectivity index (χ2v) is 5.58. The fraction of sp³-hybridized carbons (Fsp3) is 0.533. The van der Waals surface area contributed by atoms with E-state index in [2.05, 4.69) is 16.1 Å². The lowest BCUT2D eigenvalue weighted by Crippen LogP contribution is -2.29. The minimum atomic E-state index is 0.451. The summed E-state index contributed by atoms with van der Waals surface area (Å²) in [6.45, 7) is 2.75. The topological polar surface area (TPSA) is 48.3 Å². The van der Waals surface area contributed by atoms with Crippen LogP contribution >= 0.6 is 0 Å². The van der Waals surface area contributed by atoms with Crippen molar-refractivity contribution in [2.24, 2.45) is 5.92 Å². The number of aromatic nitrogens is 2. The fourth-order valence-corrected chi connectivity index (χ4v) is 3.38. The first-order chi connectivity index (χ1) is 9.86. The summed E-state index contributed by atoms with van der Waals surface area (Å²) in [7, 11) is 1.70. The van der Waals surface area contributed by atoms with Gasteiger partial charge in [0.2, 0.25) is 0 Å². The monoisotopic (exact) mass is 273 g/mol. The van der Waals surface area contributed by atoms with Gasteiger partial charge in [-0.2, -0.15) is 5.10 Å². The summed E-state index contributed by atoms with van der Waals surface area (Å²) in [5, 5.41) is 9.44. The molecule has 2 aliphatic heterocycles. The van der Waals surface area contributed by atoms with E-state index in [1.807, 2.05) is 12.1 Å². The molecule has 2 aromatic rings. The summed E-state index contributed by atoms with van der Waals surface area (Å²) in [4.78, 5) is 0. The van der Waals surface area contributed by atoms with Gasteiger partial charge in [-0.25, -0.2) is 4.68 Å². The van der Waals surface area contributed by atoms with Crippen LogP contribution in [-0.2, 0) is 4.74 Å². The smallest absolute Gasteiger partial charge is 0.132 e. The van der Waals surface area contributed by atoms with Crippen LogP contribution < -0.4 is 10.1 Å². The lowest BCUT2D eigenvalue weighted by atomic mass is 9.95. The molecule has 0 spiro atoms. The van der Waals surface area contributed by atoms with Gasteiger partial charge in [-0.05, 0) is 31.0 Å². The molecule has 1 aromatic heterocycles. The van der Waals surface area contributed by atoms with Crippen LogP contribution in [0.25, 0.3) is 10.9 Å². The van der Waals surface area contributed by atoms with Crippen LogP contribution in [0.15, 0.2) is 18.2 Å². The highest BCUT2D eigenvalue weighted by Gasteiger charge is 2.32. The number of nitrogens with one attached hydrogen (secondary N) is 1. The Bertz CT molecular complexity index is 631. The lowest BCUT2D eigenvalue weighted by molar-refractivity contribution is 0.167. The Morgan fingerprint density at radius 1 is 1.40 bits per heavy atom.